The number of piperidine rings is 1. The Morgan fingerprint density at radius 2 is 2.11 bits per heavy atom. The summed E-state index contributed by atoms with van der Waals surface area (Å²) in [5.41, 5.74) is 2.99. The number of rotatable bonds is 3. The van der Waals surface area contributed by atoms with E-state index in [9.17, 15) is 9.59 Å². The molecule has 2 unspecified atom stereocenters. The van der Waals surface area contributed by atoms with Gasteiger partial charge in [0.1, 0.15) is 0 Å². The maximum atomic E-state index is 13.2. The van der Waals surface area contributed by atoms with E-state index < -0.39 is 0 Å². The number of likely N-dealkylation sites (tertiary alicyclic amines) is 1. The summed E-state index contributed by atoms with van der Waals surface area (Å²) < 4.78 is 1.89. The molecular weight excluding hydrogens is 358 g/mol. The molecule has 0 saturated carbocycles. The van der Waals surface area contributed by atoms with Crippen LogP contribution in [-0.2, 0) is 11.3 Å². The number of aromatic nitrogens is 1. The van der Waals surface area contributed by atoms with Crippen LogP contribution >= 0.6 is 11.8 Å². The smallest absolute Gasteiger partial charge is 0.258 e. The summed E-state index contributed by atoms with van der Waals surface area (Å²) >= 11 is 1.55. The largest absolute Gasteiger partial charge is 0.341 e. The number of nitriles is 1. The van der Waals surface area contributed by atoms with Crippen LogP contribution in [-0.4, -0.2) is 40.5 Å². The minimum absolute atomic E-state index is 0.00109. The molecule has 1 amide bonds. The van der Waals surface area contributed by atoms with Crippen LogP contribution in [0.1, 0.15) is 23.6 Å². The van der Waals surface area contributed by atoms with Gasteiger partial charge in [-0.15, -0.1) is 0 Å². The molecule has 2 aromatic rings. The molecule has 2 aliphatic rings. The van der Waals surface area contributed by atoms with Crippen molar-refractivity contribution in [2.75, 3.05) is 25.1 Å². The highest BCUT2D eigenvalue weighted by molar-refractivity contribution is 7.99. The predicted octanol–water partition coefficient (Wildman–Crippen LogP) is 2.70. The molecule has 5 nitrogen and oxygen atoms in total. The van der Waals surface area contributed by atoms with Gasteiger partial charge in [0.15, 0.2) is 0 Å². The molecule has 0 spiro atoms. The average molecular weight is 379 g/mol. The van der Waals surface area contributed by atoms with Gasteiger partial charge < -0.3 is 9.47 Å². The first-order valence-electron chi connectivity index (χ1n) is 9.11. The topological polar surface area (TPSA) is 66.1 Å². The van der Waals surface area contributed by atoms with E-state index in [1.165, 1.54) is 0 Å². The van der Waals surface area contributed by atoms with Crippen molar-refractivity contribution in [1.29, 1.82) is 5.26 Å². The molecule has 2 aliphatic heterocycles. The number of benzene rings is 1. The maximum absolute atomic E-state index is 13.2. The monoisotopic (exact) mass is 379 g/mol. The Bertz CT molecular complexity index is 992. The molecule has 0 aliphatic carbocycles. The van der Waals surface area contributed by atoms with Gasteiger partial charge in [0.25, 0.3) is 5.56 Å². The van der Waals surface area contributed by atoms with Gasteiger partial charge in [0.05, 0.1) is 17.4 Å². The Hall–Kier alpha value is -2.52. The fraction of sp³-hybridized carbons (Fsp3) is 0.381. The first-order chi connectivity index (χ1) is 13.1. The molecule has 1 saturated heterocycles. The van der Waals surface area contributed by atoms with Crippen LogP contribution in [0.25, 0.3) is 11.1 Å². The molecule has 6 heteroatoms. The van der Waals surface area contributed by atoms with Crippen molar-refractivity contribution in [3.8, 4) is 17.2 Å². The highest BCUT2D eigenvalue weighted by Crippen LogP contribution is 2.36. The van der Waals surface area contributed by atoms with Crippen molar-refractivity contribution >= 4 is 17.7 Å². The van der Waals surface area contributed by atoms with Gasteiger partial charge in [0, 0.05) is 36.8 Å². The van der Waals surface area contributed by atoms with Gasteiger partial charge in [-0.25, -0.2) is 0 Å². The normalized spacial score (nSPS) is 20.7. The molecular formula is C21H21N3O2S. The van der Waals surface area contributed by atoms with E-state index in [1.807, 2.05) is 33.9 Å². The number of carbonyl (C=O) groups is 1. The molecule has 0 N–H and O–H groups in total. The minimum atomic E-state index is 0.00109. The fourth-order valence-electron chi connectivity index (χ4n) is 4.34. The average Bonchev–Trinajstić information content (AvgIpc) is 2.69. The van der Waals surface area contributed by atoms with E-state index in [2.05, 4.69) is 6.07 Å². The number of nitrogens with zero attached hydrogens (tertiary/aromatic N) is 3. The summed E-state index contributed by atoms with van der Waals surface area (Å²) in [6.07, 6.45) is 2.98. The van der Waals surface area contributed by atoms with Crippen LogP contribution in [0.15, 0.2) is 41.2 Å². The van der Waals surface area contributed by atoms with Crippen molar-refractivity contribution in [3.63, 3.8) is 0 Å². The zero-order valence-corrected chi connectivity index (χ0v) is 16.0. The Labute approximate surface area is 162 Å². The Kier molecular flexibility index (Phi) is 4.79. The van der Waals surface area contributed by atoms with E-state index in [-0.39, 0.29) is 17.4 Å². The van der Waals surface area contributed by atoms with E-state index in [4.69, 9.17) is 5.26 Å². The number of amides is 1. The van der Waals surface area contributed by atoms with Crippen molar-refractivity contribution in [2.24, 2.45) is 5.92 Å². The van der Waals surface area contributed by atoms with Crippen LogP contribution in [0.3, 0.4) is 0 Å². The quantitative estimate of drug-likeness (QED) is 0.822. The Morgan fingerprint density at radius 1 is 1.26 bits per heavy atom. The lowest BCUT2D eigenvalue weighted by molar-refractivity contribution is -0.131. The standard InChI is InChI=1S/C21H21N3O2S/c1-27-13-20(25)23-10-15-8-17(12-23)19-6-5-18(21(26)24(19)11-15)16-4-2-3-14(7-16)9-22/h2-7,15,17H,8,10-13H2,1H3. The molecule has 2 atom stereocenters. The summed E-state index contributed by atoms with van der Waals surface area (Å²) in [6.45, 7) is 2.08. The van der Waals surface area contributed by atoms with E-state index in [1.54, 1.807) is 30.0 Å². The second-order valence-electron chi connectivity index (χ2n) is 7.31. The zero-order chi connectivity index (χ0) is 19.0. The summed E-state index contributed by atoms with van der Waals surface area (Å²) in [5, 5.41) is 9.12. The molecule has 1 aromatic heterocycles. The Morgan fingerprint density at radius 3 is 2.89 bits per heavy atom. The molecule has 1 aromatic carbocycles. The molecule has 1 fully saturated rings. The van der Waals surface area contributed by atoms with Crippen molar-refractivity contribution in [2.45, 2.75) is 18.9 Å². The lowest BCUT2D eigenvalue weighted by Gasteiger charge is -2.43. The van der Waals surface area contributed by atoms with E-state index in [0.717, 1.165) is 24.2 Å². The van der Waals surface area contributed by atoms with Crippen LogP contribution in [0, 0.1) is 17.2 Å². The van der Waals surface area contributed by atoms with Crippen molar-refractivity contribution in [1.82, 2.24) is 9.47 Å². The molecule has 0 radical (unpaired) electrons. The third kappa shape index (κ3) is 3.28. The first kappa shape index (κ1) is 17.9. The summed E-state index contributed by atoms with van der Waals surface area (Å²) in [7, 11) is 0. The third-order valence-electron chi connectivity index (χ3n) is 5.53. The van der Waals surface area contributed by atoms with E-state index >= 15 is 0 Å². The number of hydrogen-bond donors (Lipinski definition) is 0. The molecule has 3 heterocycles. The summed E-state index contributed by atoms with van der Waals surface area (Å²) in [5.74, 6) is 1.24. The SMILES string of the molecule is CSCC(=O)N1CC2CC(C1)c1ccc(-c3cccc(C#N)c3)c(=O)n1C2. The molecule has 27 heavy (non-hydrogen) atoms. The van der Waals surface area contributed by atoms with Gasteiger partial charge in [-0.05, 0) is 48.4 Å². The fourth-order valence-corrected chi connectivity index (χ4v) is 4.77. The van der Waals surface area contributed by atoms with Crippen molar-refractivity contribution < 1.29 is 4.79 Å². The lowest BCUT2D eigenvalue weighted by atomic mass is 9.82. The highest BCUT2D eigenvalue weighted by atomic mass is 32.2. The molecule has 138 valence electrons. The zero-order valence-electron chi connectivity index (χ0n) is 15.2. The molecule has 4 rings (SSSR count). The maximum Gasteiger partial charge on any atom is 0.258 e. The van der Waals surface area contributed by atoms with Crippen LogP contribution in [0.4, 0.5) is 0 Å². The number of thioether (sulfide) groups is 1. The second kappa shape index (κ2) is 7.24. The van der Waals surface area contributed by atoms with Gasteiger partial charge in [-0.2, -0.15) is 17.0 Å². The summed E-state index contributed by atoms with van der Waals surface area (Å²) in [4.78, 5) is 27.4. The van der Waals surface area contributed by atoms with Crippen LogP contribution < -0.4 is 5.56 Å². The second-order valence-corrected chi connectivity index (χ2v) is 8.18. The third-order valence-corrected chi connectivity index (χ3v) is 6.06. The highest BCUT2D eigenvalue weighted by Gasteiger charge is 2.36. The van der Waals surface area contributed by atoms with Crippen LogP contribution in [0.5, 0.6) is 0 Å². The van der Waals surface area contributed by atoms with Gasteiger partial charge in [-0.3, -0.25) is 9.59 Å². The molecule has 2 bridgehead atoms. The van der Waals surface area contributed by atoms with E-state index in [0.29, 0.717) is 35.9 Å². The van der Waals surface area contributed by atoms with Gasteiger partial charge in [-0.1, -0.05) is 12.1 Å². The number of hydrogen-bond acceptors (Lipinski definition) is 4. The number of fused-ring (bicyclic) bond motifs is 4. The number of pyridine rings is 1. The number of carbonyl (C=O) groups excluding carboxylic acids is 1. The van der Waals surface area contributed by atoms with Gasteiger partial charge >= 0.3 is 0 Å². The minimum Gasteiger partial charge on any atom is -0.341 e. The Balaban J connectivity index is 1.69. The first-order valence-corrected chi connectivity index (χ1v) is 10.5. The lowest BCUT2D eigenvalue weighted by Crippen LogP contribution is -2.49. The van der Waals surface area contributed by atoms with Gasteiger partial charge in [0.2, 0.25) is 5.91 Å². The van der Waals surface area contributed by atoms with Crippen molar-refractivity contribution in [3.05, 3.63) is 58.0 Å². The van der Waals surface area contributed by atoms with Crippen LogP contribution in [0.2, 0.25) is 0 Å². The summed E-state index contributed by atoms with van der Waals surface area (Å²) in [6, 6.07) is 13.2. The predicted molar refractivity (Wildman–Crippen MR) is 107 cm³/mol.